The number of rotatable bonds is 3. The molecule has 10 nitrogen and oxygen atoms in total. The van der Waals surface area contributed by atoms with Crippen LogP contribution in [0.25, 0.3) is 0 Å². The SMILES string of the molecule is C[C@H](CO)N1C(=O)[C@@H]2[C@H]3C(=O)O[C@@H](C)CNC(=O)CC/C=C\CN(c4ccc(Cl)cc4)C(=O)[C@@H]1[C@]21C=C(Br)[C@H]3O1. The maximum absolute atomic E-state index is 14.6. The van der Waals surface area contributed by atoms with Gasteiger partial charge in [0.25, 0.3) is 5.91 Å². The summed E-state index contributed by atoms with van der Waals surface area (Å²) in [5, 5.41) is 13.4. The van der Waals surface area contributed by atoms with E-state index in [-0.39, 0.29) is 32.0 Å². The molecule has 1 spiro atoms. The lowest BCUT2D eigenvalue weighted by molar-refractivity contribution is -0.159. The van der Waals surface area contributed by atoms with Crippen LogP contribution in [-0.2, 0) is 28.7 Å². The van der Waals surface area contributed by atoms with Crippen LogP contribution in [0.1, 0.15) is 26.7 Å². The Kier molecular flexibility index (Phi) is 8.11. The molecule has 7 atom stereocenters. The molecular weight excluding hydrogens is 606 g/mol. The fourth-order valence-electron chi connectivity index (χ4n) is 6.04. The maximum atomic E-state index is 14.6. The molecule has 1 aromatic carbocycles. The second kappa shape index (κ2) is 11.3. The molecule has 0 unspecified atom stereocenters. The summed E-state index contributed by atoms with van der Waals surface area (Å²) in [6, 6.07) is 4.85. The molecule has 2 N–H and O–H groups in total. The van der Waals surface area contributed by atoms with E-state index in [2.05, 4.69) is 21.2 Å². The molecule has 5 bridgehead atoms. The number of fused-ring (bicyclic) bond motifs is 2. The average Bonchev–Trinajstić information content (AvgIpc) is 3.52. The molecular formula is C28H31BrClN3O7. The Labute approximate surface area is 245 Å². The van der Waals surface area contributed by atoms with Crippen molar-refractivity contribution in [3.63, 3.8) is 0 Å². The number of likely N-dealkylation sites (tertiary alicyclic amines) is 1. The van der Waals surface area contributed by atoms with Crippen LogP contribution in [0.4, 0.5) is 5.69 Å². The zero-order valence-corrected chi connectivity index (χ0v) is 24.4. The van der Waals surface area contributed by atoms with Crippen molar-refractivity contribution in [3.05, 3.63) is 52.0 Å². The van der Waals surface area contributed by atoms with Gasteiger partial charge in [0, 0.05) is 28.2 Å². The van der Waals surface area contributed by atoms with Crippen molar-refractivity contribution in [1.82, 2.24) is 10.2 Å². The largest absolute Gasteiger partial charge is 0.460 e. The van der Waals surface area contributed by atoms with Crippen molar-refractivity contribution < 1.29 is 33.8 Å². The molecule has 4 heterocycles. The summed E-state index contributed by atoms with van der Waals surface area (Å²) in [5.41, 5.74) is -0.913. The topological polar surface area (TPSA) is 125 Å². The summed E-state index contributed by atoms with van der Waals surface area (Å²) in [7, 11) is 0. The minimum Gasteiger partial charge on any atom is -0.460 e. The van der Waals surface area contributed by atoms with Crippen LogP contribution in [0.15, 0.2) is 47.0 Å². The van der Waals surface area contributed by atoms with Crippen LogP contribution in [0, 0.1) is 11.8 Å². The molecule has 0 aliphatic carbocycles. The van der Waals surface area contributed by atoms with Gasteiger partial charge in [-0.05, 0) is 50.6 Å². The van der Waals surface area contributed by atoms with Gasteiger partial charge in [0.05, 0.1) is 25.1 Å². The Morgan fingerprint density at radius 1 is 1.18 bits per heavy atom. The molecule has 0 saturated carbocycles. The van der Waals surface area contributed by atoms with Gasteiger partial charge in [-0.25, -0.2) is 0 Å². The smallest absolute Gasteiger partial charge is 0.313 e. The predicted molar refractivity (Wildman–Crippen MR) is 150 cm³/mol. The Morgan fingerprint density at radius 3 is 2.60 bits per heavy atom. The predicted octanol–water partition coefficient (Wildman–Crippen LogP) is 2.32. The van der Waals surface area contributed by atoms with Gasteiger partial charge < -0.3 is 29.7 Å². The molecule has 40 heavy (non-hydrogen) atoms. The zero-order chi connectivity index (χ0) is 28.8. The van der Waals surface area contributed by atoms with E-state index in [1.165, 1.54) is 9.80 Å². The minimum atomic E-state index is -1.45. The Balaban J connectivity index is 1.63. The van der Waals surface area contributed by atoms with Gasteiger partial charge >= 0.3 is 5.97 Å². The van der Waals surface area contributed by atoms with E-state index in [1.54, 1.807) is 50.3 Å². The number of carbonyl (C=O) groups excluding carboxylic acids is 4. The highest BCUT2D eigenvalue weighted by atomic mass is 79.9. The Morgan fingerprint density at radius 2 is 1.90 bits per heavy atom. The molecule has 2 saturated heterocycles. The number of cyclic esters (lactones) is 1. The highest BCUT2D eigenvalue weighted by Crippen LogP contribution is 2.59. The third-order valence-corrected chi connectivity index (χ3v) is 8.84. The number of nitrogens with zero attached hydrogens (tertiary/aromatic N) is 2. The summed E-state index contributed by atoms with van der Waals surface area (Å²) < 4.78 is 12.6. The van der Waals surface area contributed by atoms with Gasteiger partial charge in [0.1, 0.15) is 29.8 Å². The number of benzene rings is 1. The minimum absolute atomic E-state index is 0.117. The number of aliphatic hydroxyl groups excluding tert-OH is 1. The summed E-state index contributed by atoms with van der Waals surface area (Å²) in [5.74, 6) is -3.80. The van der Waals surface area contributed by atoms with Gasteiger partial charge in [-0.2, -0.15) is 0 Å². The third-order valence-electron chi connectivity index (χ3n) is 7.91. The van der Waals surface area contributed by atoms with Crippen LogP contribution in [0.2, 0.25) is 5.02 Å². The quantitative estimate of drug-likeness (QED) is 0.386. The van der Waals surface area contributed by atoms with Crippen molar-refractivity contribution in [2.45, 2.75) is 56.6 Å². The lowest BCUT2D eigenvalue weighted by atomic mass is 9.74. The first-order chi connectivity index (χ1) is 19.1. The highest BCUT2D eigenvalue weighted by Gasteiger charge is 2.75. The molecule has 2 fully saturated rings. The van der Waals surface area contributed by atoms with Crippen molar-refractivity contribution in [3.8, 4) is 0 Å². The van der Waals surface area contributed by atoms with Gasteiger partial charge in [-0.1, -0.05) is 39.7 Å². The van der Waals surface area contributed by atoms with Gasteiger partial charge in [0.15, 0.2) is 0 Å². The lowest BCUT2D eigenvalue weighted by Gasteiger charge is -2.37. The Bertz CT molecular complexity index is 1270. The molecule has 12 heteroatoms. The van der Waals surface area contributed by atoms with Gasteiger partial charge in [-0.15, -0.1) is 0 Å². The van der Waals surface area contributed by atoms with E-state index in [1.807, 2.05) is 6.08 Å². The number of esters is 1. The van der Waals surface area contributed by atoms with Crippen LogP contribution in [-0.4, -0.2) is 83.3 Å². The fraction of sp³-hybridized carbons (Fsp3) is 0.500. The number of aliphatic hydroxyl groups is 1. The lowest BCUT2D eigenvalue weighted by Crippen LogP contribution is -2.58. The first kappa shape index (κ1) is 28.8. The molecule has 3 amide bonds. The van der Waals surface area contributed by atoms with Gasteiger partial charge in [0.2, 0.25) is 11.8 Å². The third kappa shape index (κ3) is 4.87. The standard InChI is InChI=1S/C28H31BrClN3O7/c1-15(14-34)33-24-26(37)32(18-9-7-17(30)8-10-18)11-5-3-4-6-20(35)31-13-16(2)39-27(38)21-22(25(33)36)28(24)12-19(29)23(21)40-28/h3,5,7-10,12,15-16,21-24,34H,4,6,11,13-14H2,1-2H3,(H,31,35)/b5-3-/t15-,16+,21-,22+,23-,24-,28+/m1/s1. The first-order valence-corrected chi connectivity index (χ1v) is 14.4. The summed E-state index contributed by atoms with van der Waals surface area (Å²) >= 11 is 9.62. The van der Waals surface area contributed by atoms with E-state index in [9.17, 15) is 24.3 Å². The number of amides is 3. The molecule has 0 aromatic heterocycles. The average molecular weight is 637 g/mol. The second-order valence-electron chi connectivity index (χ2n) is 10.6. The van der Waals surface area contributed by atoms with E-state index >= 15 is 0 Å². The number of carbonyl (C=O) groups is 4. The summed E-state index contributed by atoms with van der Waals surface area (Å²) in [6.45, 7) is 3.18. The van der Waals surface area contributed by atoms with Crippen molar-refractivity contribution in [2.75, 3.05) is 24.6 Å². The number of ether oxygens (including phenoxy) is 2. The number of nitrogens with one attached hydrogen (secondary N) is 1. The van der Waals surface area contributed by atoms with E-state index in [0.717, 1.165) is 0 Å². The number of hydrogen-bond acceptors (Lipinski definition) is 7. The molecule has 1 aromatic rings. The monoisotopic (exact) mass is 635 g/mol. The maximum Gasteiger partial charge on any atom is 0.313 e. The molecule has 4 aliphatic heterocycles. The summed E-state index contributed by atoms with van der Waals surface area (Å²) in [4.78, 5) is 57.3. The molecule has 5 rings (SSSR count). The van der Waals surface area contributed by atoms with Crippen molar-refractivity contribution in [1.29, 1.82) is 0 Å². The van der Waals surface area contributed by atoms with E-state index in [4.69, 9.17) is 21.1 Å². The number of hydrogen-bond donors (Lipinski definition) is 2. The molecule has 4 aliphatic rings. The zero-order valence-electron chi connectivity index (χ0n) is 22.1. The number of anilines is 1. The Hall–Kier alpha value is -2.73. The second-order valence-corrected chi connectivity index (χ2v) is 11.9. The van der Waals surface area contributed by atoms with E-state index < -0.39 is 59.5 Å². The van der Waals surface area contributed by atoms with Crippen LogP contribution in [0.3, 0.4) is 0 Å². The fourth-order valence-corrected chi connectivity index (χ4v) is 6.90. The van der Waals surface area contributed by atoms with E-state index in [0.29, 0.717) is 21.6 Å². The summed E-state index contributed by atoms with van der Waals surface area (Å²) in [6.07, 6.45) is 4.52. The number of halogens is 2. The van der Waals surface area contributed by atoms with Crippen LogP contribution >= 0.6 is 27.5 Å². The normalized spacial score (nSPS) is 34.3. The van der Waals surface area contributed by atoms with Crippen molar-refractivity contribution >= 4 is 56.9 Å². The molecule has 214 valence electrons. The highest BCUT2D eigenvalue weighted by molar-refractivity contribution is 9.11. The number of allylic oxidation sites excluding steroid dienone is 1. The van der Waals surface area contributed by atoms with Crippen molar-refractivity contribution in [2.24, 2.45) is 11.8 Å². The van der Waals surface area contributed by atoms with Gasteiger partial charge in [-0.3, -0.25) is 19.2 Å². The molecule has 0 radical (unpaired) electrons. The first-order valence-electron chi connectivity index (χ1n) is 13.3. The van der Waals surface area contributed by atoms with Crippen LogP contribution < -0.4 is 10.2 Å². The van der Waals surface area contributed by atoms with Crippen LogP contribution in [0.5, 0.6) is 0 Å².